The van der Waals surface area contributed by atoms with Gasteiger partial charge in [-0.15, -0.1) is 11.6 Å². The first-order valence-electron chi connectivity index (χ1n) is 5.76. The Morgan fingerprint density at radius 3 is 2.05 bits per heavy atom. The highest BCUT2D eigenvalue weighted by Gasteiger charge is 2.13. The minimum absolute atomic E-state index is 0.290. The molecule has 100 valence electrons. The molecule has 1 nitrogen and oxygen atoms in total. The average molecular weight is 316 g/mol. The second kappa shape index (κ2) is 6.04. The highest BCUT2D eigenvalue weighted by atomic mass is 35.5. The molecule has 2 aromatic rings. The van der Waals surface area contributed by atoms with Crippen molar-refractivity contribution in [2.75, 3.05) is 7.11 Å². The summed E-state index contributed by atoms with van der Waals surface area (Å²) in [6, 6.07) is 11.3. The maximum atomic E-state index is 6.47. The first-order valence-corrected chi connectivity index (χ1v) is 6.95. The van der Waals surface area contributed by atoms with E-state index in [-0.39, 0.29) is 5.38 Å². The van der Waals surface area contributed by atoms with Crippen LogP contribution in [0.3, 0.4) is 0 Å². The number of halogens is 3. The van der Waals surface area contributed by atoms with E-state index < -0.39 is 0 Å². The van der Waals surface area contributed by atoms with E-state index in [1.807, 2.05) is 43.3 Å². The van der Waals surface area contributed by atoms with Crippen LogP contribution in [0.1, 0.15) is 22.1 Å². The fraction of sp³-hybridized carbons (Fsp3) is 0.200. The lowest BCUT2D eigenvalue weighted by Crippen LogP contribution is -1.95. The first kappa shape index (κ1) is 14.5. The number of benzene rings is 2. The molecule has 0 saturated heterocycles. The molecule has 0 amide bonds. The Kier molecular flexibility index (Phi) is 4.62. The van der Waals surface area contributed by atoms with Gasteiger partial charge in [-0.25, -0.2) is 0 Å². The summed E-state index contributed by atoms with van der Waals surface area (Å²) in [6.45, 7) is 1.96. The second-order valence-electron chi connectivity index (χ2n) is 4.27. The smallest absolute Gasteiger partial charge is 0.137 e. The Hall–Kier alpha value is -0.890. The van der Waals surface area contributed by atoms with E-state index in [2.05, 4.69) is 0 Å². The Morgan fingerprint density at radius 2 is 1.53 bits per heavy atom. The zero-order valence-electron chi connectivity index (χ0n) is 10.6. The average Bonchev–Trinajstić information content (AvgIpc) is 2.41. The van der Waals surface area contributed by atoms with Gasteiger partial charge in [0, 0.05) is 5.02 Å². The highest BCUT2D eigenvalue weighted by molar-refractivity contribution is 6.32. The maximum absolute atomic E-state index is 6.47. The van der Waals surface area contributed by atoms with Gasteiger partial charge in [0.05, 0.1) is 17.5 Å². The standard InChI is InChI=1S/C15H13Cl3O/c1-9-3-4-10(7-12(9)16)15(18)11-5-6-14(19-2)13(17)8-11/h3-8,15H,1-2H3. The number of alkyl halides is 1. The van der Waals surface area contributed by atoms with Crippen molar-refractivity contribution >= 4 is 34.8 Å². The van der Waals surface area contributed by atoms with Crippen molar-refractivity contribution in [1.82, 2.24) is 0 Å². The lowest BCUT2D eigenvalue weighted by molar-refractivity contribution is 0.415. The molecule has 1 unspecified atom stereocenters. The Bertz CT molecular complexity index is 596. The van der Waals surface area contributed by atoms with Crippen LogP contribution in [0.5, 0.6) is 5.75 Å². The highest BCUT2D eigenvalue weighted by Crippen LogP contribution is 2.35. The minimum Gasteiger partial charge on any atom is -0.495 e. The van der Waals surface area contributed by atoms with Gasteiger partial charge >= 0.3 is 0 Å². The molecule has 0 heterocycles. The molecule has 0 N–H and O–H groups in total. The number of methoxy groups -OCH3 is 1. The van der Waals surface area contributed by atoms with E-state index in [9.17, 15) is 0 Å². The fourth-order valence-electron chi connectivity index (χ4n) is 1.80. The van der Waals surface area contributed by atoms with E-state index in [1.54, 1.807) is 7.11 Å². The number of aryl methyl sites for hydroxylation is 1. The molecule has 1 atom stereocenters. The largest absolute Gasteiger partial charge is 0.495 e. The van der Waals surface area contributed by atoms with Crippen LogP contribution in [0.2, 0.25) is 10.0 Å². The van der Waals surface area contributed by atoms with Gasteiger partial charge in [0.25, 0.3) is 0 Å². The van der Waals surface area contributed by atoms with Crippen LogP contribution in [0.15, 0.2) is 36.4 Å². The SMILES string of the molecule is COc1ccc(C(Cl)c2ccc(C)c(Cl)c2)cc1Cl. The first-order chi connectivity index (χ1) is 9.02. The zero-order valence-corrected chi connectivity index (χ0v) is 12.9. The lowest BCUT2D eigenvalue weighted by Gasteiger charge is -2.13. The predicted octanol–water partition coefficient (Wildman–Crippen LogP) is 5.64. The molecule has 0 aromatic heterocycles. The summed E-state index contributed by atoms with van der Waals surface area (Å²) < 4.78 is 5.12. The third kappa shape index (κ3) is 3.17. The molecule has 0 saturated carbocycles. The number of hydrogen-bond donors (Lipinski definition) is 0. The third-order valence-corrected chi connectivity index (χ3v) is 4.16. The summed E-state index contributed by atoms with van der Waals surface area (Å²) in [6.07, 6.45) is 0. The Morgan fingerprint density at radius 1 is 0.947 bits per heavy atom. The van der Waals surface area contributed by atoms with Crippen LogP contribution in [0, 0.1) is 6.92 Å². The quantitative estimate of drug-likeness (QED) is 0.666. The van der Waals surface area contributed by atoms with Gasteiger partial charge in [-0.3, -0.25) is 0 Å². The molecule has 19 heavy (non-hydrogen) atoms. The van der Waals surface area contributed by atoms with Crippen LogP contribution in [0.4, 0.5) is 0 Å². The summed E-state index contributed by atoms with van der Waals surface area (Å²) in [7, 11) is 1.58. The molecule has 0 radical (unpaired) electrons. The summed E-state index contributed by atoms with van der Waals surface area (Å²) in [5.74, 6) is 0.635. The van der Waals surface area contributed by atoms with Gasteiger partial charge in [-0.2, -0.15) is 0 Å². The van der Waals surface area contributed by atoms with E-state index in [4.69, 9.17) is 39.5 Å². The minimum atomic E-state index is -0.290. The molecule has 0 aliphatic heterocycles. The van der Waals surface area contributed by atoms with E-state index in [0.29, 0.717) is 15.8 Å². The molecule has 0 bridgehead atoms. The monoisotopic (exact) mass is 314 g/mol. The molecular formula is C15H13Cl3O. The molecular weight excluding hydrogens is 303 g/mol. The van der Waals surface area contributed by atoms with Crippen LogP contribution in [-0.4, -0.2) is 7.11 Å². The van der Waals surface area contributed by atoms with Crippen molar-refractivity contribution in [3.8, 4) is 5.75 Å². The Balaban J connectivity index is 2.35. The Labute approximate surface area is 128 Å². The van der Waals surface area contributed by atoms with Crippen molar-refractivity contribution < 1.29 is 4.74 Å². The second-order valence-corrected chi connectivity index (χ2v) is 5.52. The van der Waals surface area contributed by atoms with E-state index in [0.717, 1.165) is 16.7 Å². The van der Waals surface area contributed by atoms with E-state index in [1.165, 1.54) is 0 Å². The van der Waals surface area contributed by atoms with Gasteiger partial charge in [-0.1, -0.05) is 41.4 Å². The third-order valence-electron chi connectivity index (χ3n) is 2.96. The van der Waals surface area contributed by atoms with Crippen LogP contribution in [-0.2, 0) is 0 Å². The normalized spacial score (nSPS) is 12.3. The summed E-state index contributed by atoms with van der Waals surface area (Å²) in [5, 5.41) is 0.966. The van der Waals surface area contributed by atoms with Crippen molar-refractivity contribution in [1.29, 1.82) is 0 Å². The summed E-state index contributed by atoms with van der Waals surface area (Å²) >= 11 is 18.7. The molecule has 4 heteroatoms. The topological polar surface area (TPSA) is 9.23 Å². The van der Waals surface area contributed by atoms with Gasteiger partial charge in [-0.05, 0) is 41.8 Å². The van der Waals surface area contributed by atoms with Gasteiger partial charge in [0.2, 0.25) is 0 Å². The van der Waals surface area contributed by atoms with Crippen LogP contribution >= 0.6 is 34.8 Å². The molecule has 0 spiro atoms. The number of hydrogen-bond acceptors (Lipinski definition) is 1. The molecule has 0 fully saturated rings. The van der Waals surface area contributed by atoms with Crippen molar-refractivity contribution in [3.05, 3.63) is 63.1 Å². The van der Waals surface area contributed by atoms with E-state index >= 15 is 0 Å². The molecule has 2 aromatic carbocycles. The number of rotatable bonds is 3. The van der Waals surface area contributed by atoms with Gasteiger partial charge in [0.1, 0.15) is 5.75 Å². The lowest BCUT2D eigenvalue weighted by atomic mass is 10.0. The molecule has 2 rings (SSSR count). The summed E-state index contributed by atoms with van der Waals surface area (Å²) in [4.78, 5) is 0. The van der Waals surface area contributed by atoms with Crippen molar-refractivity contribution in [2.45, 2.75) is 12.3 Å². The van der Waals surface area contributed by atoms with Gasteiger partial charge < -0.3 is 4.74 Å². The van der Waals surface area contributed by atoms with Crippen LogP contribution < -0.4 is 4.74 Å². The van der Waals surface area contributed by atoms with Crippen molar-refractivity contribution in [3.63, 3.8) is 0 Å². The maximum Gasteiger partial charge on any atom is 0.137 e. The molecule has 0 aliphatic rings. The van der Waals surface area contributed by atoms with Gasteiger partial charge in [0.15, 0.2) is 0 Å². The zero-order chi connectivity index (χ0) is 14.0. The van der Waals surface area contributed by atoms with Crippen molar-refractivity contribution in [2.24, 2.45) is 0 Å². The fourth-order valence-corrected chi connectivity index (χ4v) is 2.53. The molecule has 0 aliphatic carbocycles. The summed E-state index contributed by atoms with van der Waals surface area (Å²) in [5.41, 5.74) is 2.88. The van der Waals surface area contributed by atoms with Crippen LogP contribution in [0.25, 0.3) is 0 Å². The predicted molar refractivity (Wildman–Crippen MR) is 81.9 cm³/mol. The number of ether oxygens (including phenoxy) is 1.